The lowest BCUT2D eigenvalue weighted by atomic mass is 10.1. The van der Waals surface area contributed by atoms with Crippen LogP contribution in [0.2, 0.25) is 0 Å². The highest BCUT2D eigenvalue weighted by Gasteiger charge is 2.19. The first-order chi connectivity index (χ1) is 12.1. The molecular formula is C18H15N5O2. The average molecular weight is 333 g/mol. The lowest BCUT2D eigenvalue weighted by molar-refractivity contribution is 0.0777. The molecule has 0 spiro atoms. The number of H-pyrrole nitrogens is 2. The van der Waals surface area contributed by atoms with Crippen LogP contribution >= 0.6 is 0 Å². The second-order valence-electron chi connectivity index (χ2n) is 5.81. The molecule has 2 N–H and O–H groups in total. The number of fused-ring (bicyclic) bond motifs is 2. The van der Waals surface area contributed by atoms with E-state index in [4.69, 9.17) is 0 Å². The van der Waals surface area contributed by atoms with E-state index in [0.717, 1.165) is 11.0 Å². The molecule has 2 aromatic heterocycles. The Balaban J connectivity index is 1.66. The normalized spacial score (nSPS) is 11.1. The minimum absolute atomic E-state index is 0.216. The van der Waals surface area contributed by atoms with Gasteiger partial charge in [0.05, 0.1) is 23.0 Å². The fourth-order valence-electron chi connectivity index (χ4n) is 2.84. The van der Waals surface area contributed by atoms with Crippen LogP contribution in [0.3, 0.4) is 0 Å². The highest BCUT2D eigenvalue weighted by atomic mass is 16.2. The molecule has 0 saturated carbocycles. The summed E-state index contributed by atoms with van der Waals surface area (Å²) in [6.45, 7) is 0.308. The Kier molecular flexibility index (Phi) is 3.53. The summed E-state index contributed by atoms with van der Waals surface area (Å²) < 4.78 is 0. The van der Waals surface area contributed by atoms with Crippen molar-refractivity contribution in [2.75, 3.05) is 7.05 Å². The zero-order chi connectivity index (χ0) is 17.4. The van der Waals surface area contributed by atoms with Gasteiger partial charge in [0.15, 0.2) is 5.69 Å². The van der Waals surface area contributed by atoms with Crippen molar-refractivity contribution in [2.24, 2.45) is 0 Å². The van der Waals surface area contributed by atoms with Gasteiger partial charge in [-0.25, -0.2) is 10.1 Å². The summed E-state index contributed by atoms with van der Waals surface area (Å²) in [6.07, 6.45) is 0. The molecule has 7 heteroatoms. The van der Waals surface area contributed by atoms with E-state index in [9.17, 15) is 9.59 Å². The number of nitrogens with zero attached hydrogens (tertiary/aromatic N) is 3. The molecule has 25 heavy (non-hydrogen) atoms. The molecule has 4 aromatic rings. The minimum atomic E-state index is -0.313. The third-order valence-electron chi connectivity index (χ3n) is 4.07. The number of benzene rings is 2. The maximum atomic E-state index is 12.8. The summed E-state index contributed by atoms with van der Waals surface area (Å²) in [5.41, 5.74) is 1.68. The number of amides is 1. The van der Waals surface area contributed by atoms with E-state index in [1.807, 2.05) is 24.3 Å². The number of hydrogen-bond acceptors (Lipinski definition) is 4. The Morgan fingerprint density at radius 3 is 2.60 bits per heavy atom. The molecule has 1 amide bonds. The molecular weight excluding hydrogens is 318 g/mol. The Hall–Kier alpha value is -3.48. The topological polar surface area (TPSA) is 94.7 Å². The first-order valence-electron chi connectivity index (χ1n) is 7.80. The Labute approximate surface area is 142 Å². The van der Waals surface area contributed by atoms with E-state index in [1.165, 1.54) is 4.90 Å². The van der Waals surface area contributed by atoms with Gasteiger partial charge in [0.1, 0.15) is 5.82 Å². The summed E-state index contributed by atoms with van der Waals surface area (Å²) in [6, 6.07) is 14.6. The van der Waals surface area contributed by atoms with Gasteiger partial charge in [0.25, 0.3) is 11.5 Å². The Morgan fingerprint density at radius 1 is 1.08 bits per heavy atom. The molecule has 7 nitrogen and oxygen atoms in total. The molecule has 0 aliphatic rings. The SMILES string of the molecule is CN(Cc1nc2ccccc2[nH]1)C(=O)c1n[nH]c(=O)c2ccccc12. The molecule has 0 fully saturated rings. The summed E-state index contributed by atoms with van der Waals surface area (Å²) in [5.74, 6) is 0.402. The standard InChI is InChI=1S/C18H15N5O2/c1-23(10-15-19-13-8-4-5-9-14(13)20-15)18(25)16-11-6-2-3-7-12(11)17(24)22-21-16/h2-9H,10H2,1H3,(H,19,20)(H,22,24). The minimum Gasteiger partial charge on any atom is -0.340 e. The molecule has 2 aromatic carbocycles. The van der Waals surface area contributed by atoms with Gasteiger partial charge >= 0.3 is 0 Å². The smallest absolute Gasteiger partial charge is 0.275 e. The van der Waals surface area contributed by atoms with Crippen LogP contribution in [0.4, 0.5) is 0 Å². The van der Waals surface area contributed by atoms with Gasteiger partial charge in [-0.05, 0) is 18.2 Å². The first kappa shape index (κ1) is 15.1. The van der Waals surface area contributed by atoms with Crippen molar-refractivity contribution in [1.82, 2.24) is 25.1 Å². The van der Waals surface area contributed by atoms with Crippen molar-refractivity contribution < 1.29 is 4.79 Å². The maximum absolute atomic E-state index is 12.8. The van der Waals surface area contributed by atoms with Crippen LogP contribution in [0.15, 0.2) is 53.3 Å². The van der Waals surface area contributed by atoms with E-state index >= 15 is 0 Å². The number of nitrogens with one attached hydrogen (secondary N) is 2. The van der Waals surface area contributed by atoms with Crippen molar-refractivity contribution in [2.45, 2.75) is 6.54 Å². The van der Waals surface area contributed by atoms with Gasteiger partial charge in [0.2, 0.25) is 0 Å². The number of aromatic amines is 2. The molecule has 0 unspecified atom stereocenters. The predicted octanol–water partition coefficient (Wildman–Crippen LogP) is 2.07. The van der Waals surface area contributed by atoms with E-state index in [0.29, 0.717) is 23.1 Å². The van der Waals surface area contributed by atoms with E-state index < -0.39 is 0 Å². The lowest BCUT2D eigenvalue weighted by Crippen LogP contribution is -2.29. The number of carbonyl (C=O) groups excluding carboxylic acids is 1. The molecule has 2 heterocycles. The predicted molar refractivity (Wildman–Crippen MR) is 94.3 cm³/mol. The van der Waals surface area contributed by atoms with E-state index in [-0.39, 0.29) is 17.2 Å². The number of carbonyl (C=O) groups is 1. The number of imidazole rings is 1. The Bertz CT molecular complexity index is 1110. The fraction of sp³-hybridized carbons (Fsp3) is 0.111. The summed E-state index contributed by atoms with van der Waals surface area (Å²) in [5, 5.41) is 7.32. The lowest BCUT2D eigenvalue weighted by Gasteiger charge is -2.15. The van der Waals surface area contributed by atoms with Gasteiger partial charge in [-0.3, -0.25) is 9.59 Å². The number of aromatic nitrogens is 4. The van der Waals surface area contributed by atoms with Crippen LogP contribution in [0, 0.1) is 0 Å². The van der Waals surface area contributed by atoms with Crippen molar-refractivity contribution in [3.63, 3.8) is 0 Å². The summed E-state index contributed by atoms with van der Waals surface area (Å²) in [4.78, 5) is 33.8. The average Bonchev–Trinajstić information content (AvgIpc) is 3.04. The highest BCUT2D eigenvalue weighted by Crippen LogP contribution is 2.16. The number of rotatable bonds is 3. The van der Waals surface area contributed by atoms with Crippen molar-refractivity contribution in [3.8, 4) is 0 Å². The van der Waals surface area contributed by atoms with Crippen LogP contribution in [-0.4, -0.2) is 38.0 Å². The third kappa shape index (κ3) is 2.65. The largest absolute Gasteiger partial charge is 0.340 e. The number of para-hydroxylation sites is 2. The van der Waals surface area contributed by atoms with Gasteiger partial charge in [0, 0.05) is 12.4 Å². The second-order valence-corrected chi connectivity index (χ2v) is 5.81. The van der Waals surface area contributed by atoms with Gasteiger partial charge in [-0.2, -0.15) is 5.10 Å². The summed E-state index contributed by atoms with van der Waals surface area (Å²) >= 11 is 0. The molecule has 124 valence electrons. The summed E-state index contributed by atoms with van der Waals surface area (Å²) in [7, 11) is 1.68. The second kappa shape index (κ2) is 5.86. The fourth-order valence-corrected chi connectivity index (χ4v) is 2.84. The molecule has 0 bridgehead atoms. The zero-order valence-corrected chi connectivity index (χ0v) is 13.5. The molecule has 0 aliphatic heterocycles. The van der Waals surface area contributed by atoms with Crippen LogP contribution in [0.1, 0.15) is 16.3 Å². The number of hydrogen-bond donors (Lipinski definition) is 2. The molecule has 0 saturated heterocycles. The molecule has 0 aliphatic carbocycles. The van der Waals surface area contributed by atoms with E-state index in [1.54, 1.807) is 31.3 Å². The monoisotopic (exact) mass is 333 g/mol. The molecule has 0 atom stereocenters. The van der Waals surface area contributed by atoms with Gasteiger partial charge in [-0.15, -0.1) is 0 Å². The van der Waals surface area contributed by atoms with Crippen LogP contribution in [0.5, 0.6) is 0 Å². The quantitative estimate of drug-likeness (QED) is 0.600. The van der Waals surface area contributed by atoms with Crippen molar-refractivity contribution >= 4 is 27.7 Å². The zero-order valence-electron chi connectivity index (χ0n) is 13.5. The van der Waals surface area contributed by atoms with E-state index in [2.05, 4.69) is 20.2 Å². The van der Waals surface area contributed by atoms with Crippen molar-refractivity contribution in [1.29, 1.82) is 0 Å². The first-order valence-corrected chi connectivity index (χ1v) is 7.80. The van der Waals surface area contributed by atoms with Gasteiger partial charge < -0.3 is 9.88 Å². The van der Waals surface area contributed by atoms with Crippen LogP contribution in [-0.2, 0) is 6.54 Å². The Morgan fingerprint density at radius 2 is 1.80 bits per heavy atom. The van der Waals surface area contributed by atoms with Crippen LogP contribution in [0.25, 0.3) is 21.8 Å². The maximum Gasteiger partial charge on any atom is 0.275 e. The molecule has 4 rings (SSSR count). The van der Waals surface area contributed by atoms with Gasteiger partial charge in [-0.1, -0.05) is 30.3 Å². The molecule has 0 radical (unpaired) electrons. The van der Waals surface area contributed by atoms with Crippen LogP contribution < -0.4 is 5.56 Å². The highest BCUT2D eigenvalue weighted by molar-refractivity contribution is 6.04. The van der Waals surface area contributed by atoms with Crippen molar-refractivity contribution in [3.05, 3.63) is 70.4 Å². The third-order valence-corrected chi connectivity index (χ3v) is 4.07.